The van der Waals surface area contributed by atoms with Crippen LogP contribution in [0.3, 0.4) is 0 Å². The fourth-order valence-corrected chi connectivity index (χ4v) is 6.53. The van der Waals surface area contributed by atoms with E-state index in [-0.39, 0.29) is 17.8 Å². The Balaban J connectivity index is 1.14. The number of piperidine rings is 1. The number of carbonyl (C=O) groups is 2. The van der Waals surface area contributed by atoms with Crippen molar-refractivity contribution in [2.75, 3.05) is 57.3 Å². The predicted octanol–water partition coefficient (Wildman–Crippen LogP) is 5.64. The van der Waals surface area contributed by atoms with Crippen molar-refractivity contribution in [1.82, 2.24) is 19.8 Å². The molecular formula is C35H43N5O3S. The van der Waals surface area contributed by atoms with E-state index in [0.29, 0.717) is 31.0 Å². The smallest absolute Gasteiger partial charge is 0.310 e. The predicted molar refractivity (Wildman–Crippen MR) is 177 cm³/mol. The quantitative estimate of drug-likeness (QED) is 0.165. The number of thioether (sulfide) groups is 1. The van der Waals surface area contributed by atoms with Gasteiger partial charge in [0.2, 0.25) is 0 Å². The average Bonchev–Trinajstić information content (AvgIpc) is 3.06. The van der Waals surface area contributed by atoms with Gasteiger partial charge in [0.1, 0.15) is 5.82 Å². The summed E-state index contributed by atoms with van der Waals surface area (Å²) in [5.41, 5.74) is 5.13. The number of rotatable bonds is 10. The highest BCUT2D eigenvalue weighted by Gasteiger charge is 2.30. The zero-order valence-corrected chi connectivity index (χ0v) is 26.9. The van der Waals surface area contributed by atoms with E-state index in [2.05, 4.69) is 60.1 Å². The van der Waals surface area contributed by atoms with Crippen LogP contribution in [-0.4, -0.2) is 84.1 Å². The first-order valence-electron chi connectivity index (χ1n) is 15.6. The van der Waals surface area contributed by atoms with E-state index in [4.69, 9.17) is 14.7 Å². The number of amides is 1. The van der Waals surface area contributed by atoms with E-state index < -0.39 is 0 Å². The number of benzene rings is 2. The average molecular weight is 614 g/mol. The number of hydrogen-bond donors (Lipinski definition) is 0. The molecule has 8 nitrogen and oxygen atoms in total. The number of hydrogen-bond acceptors (Lipinski definition) is 8. The topological polar surface area (TPSA) is 78.9 Å². The van der Waals surface area contributed by atoms with Gasteiger partial charge in [0, 0.05) is 68.4 Å². The van der Waals surface area contributed by atoms with Crippen LogP contribution in [0.4, 0.5) is 5.82 Å². The van der Waals surface area contributed by atoms with Crippen molar-refractivity contribution in [2.45, 2.75) is 44.5 Å². The molecule has 0 unspecified atom stereocenters. The molecular weight excluding hydrogens is 570 g/mol. The van der Waals surface area contributed by atoms with Crippen LogP contribution in [0.25, 0.3) is 6.08 Å². The van der Waals surface area contributed by atoms with Crippen LogP contribution in [-0.2, 0) is 15.3 Å². The van der Waals surface area contributed by atoms with Gasteiger partial charge in [0.15, 0.2) is 5.16 Å². The zero-order valence-electron chi connectivity index (χ0n) is 26.1. The van der Waals surface area contributed by atoms with E-state index in [1.807, 2.05) is 37.3 Å². The molecule has 1 aromatic heterocycles. The maximum atomic E-state index is 13.1. The third-order valence-corrected chi connectivity index (χ3v) is 9.30. The summed E-state index contributed by atoms with van der Waals surface area (Å²) < 4.78 is 5.18. The van der Waals surface area contributed by atoms with E-state index in [0.717, 1.165) is 73.4 Å². The van der Waals surface area contributed by atoms with Gasteiger partial charge < -0.3 is 14.5 Å². The molecule has 1 amide bonds. The summed E-state index contributed by atoms with van der Waals surface area (Å²) in [4.78, 5) is 41.7. The highest BCUT2D eigenvalue weighted by Crippen LogP contribution is 2.27. The van der Waals surface area contributed by atoms with Crippen LogP contribution < -0.4 is 4.90 Å². The lowest BCUT2D eigenvalue weighted by Gasteiger charge is -2.35. The van der Waals surface area contributed by atoms with Gasteiger partial charge >= 0.3 is 5.97 Å². The molecule has 5 rings (SSSR count). The zero-order chi connectivity index (χ0) is 30.9. The van der Waals surface area contributed by atoms with Crippen molar-refractivity contribution in [3.63, 3.8) is 0 Å². The van der Waals surface area contributed by atoms with Gasteiger partial charge in [0.05, 0.1) is 12.5 Å². The molecule has 0 aliphatic carbocycles. The third-order valence-electron chi connectivity index (χ3n) is 8.39. The highest BCUT2D eigenvalue weighted by molar-refractivity contribution is 7.98. The largest absolute Gasteiger partial charge is 0.466 e. The van der Waals surface area contributed by atoms with Gasteiger partial charge in [-0.15, -0.1) is 0 Å². The first-order valence-corrected chi connectivity index (χ1v) is 16.6. The summed E-state index contributed by atoms with van der Waals surface area (Å²) in [6, 6.07) is 18.2. The molecule has 1 atom stereocenters. The van der Waals surface area contributed by atoms with Gasteiger partial charge in [-0.2, -0.15) is 0 Å². The lowest BCUT2D eigenvalue weighted by atomic mass is 9.97. The second kappa shape index (κ2) is 15.3. The number of carbonyl (C=O) groups excluding carboxylic acids is 2. The minimum atomic E-state index is -0.239. The Morgan fingerprint density at radius 1 is 0.977 bits per heavy atom. The summed E-state index contributed by atoms with van der Waals surface area (Å²) in [6.07, 6.45) is 6.02. The first kappa shape index (κ1) is 31.7. The van der Waals surface area contributed by atoms with Gasteiger partial charge in [-0.3, -0.25) is 14.5 Å². The Bertz CT molecular complexity index is 1440. The summed E-state index contributed by atoms with van der Waals surface area (Å²) in [5, 5.41) is 0.773. The van der Waals surface area contributed by atoms with Crippen LogP contribution in [0.1, 0.15) is 52.5 Å². The number of anilines is 1. The molecule has 2 saturated heterocycles. The minimum Gasteiger partial charge on any atom is -0.466 e. The van der Waals surface area contributed by atoms with Crippen molar-refractivity contribution in [3.8, 4) is 0 Å². The number of likely N-dealkylation sites (tertiary alicyclic amines) is 1. The van der Waals surface area contributed by atoms with Crippen LogP contribution in [0.15, 0.2) is 65.8 Å². The highest BCUT2D eigenvalue weighted by atomic mass is 32.2. The lowest BCUT2D eigenvalue weighted by Crippen LogP contribution is -2.47. The second-order valence-corrected chi connectivity index (χ2v) is 12.4. The van der Waals surface area contributed by atoms with E-state index in [1.165, 1.54) is 5.56 Å². The van der Waals surface area contributed by atoms with Crippen molar-refractivity contribution in [3.05, 3.63) is 88.6 Å². The van der Waals surface area contributed by atoms with Crippen LogP contribution >= 0.6 is 11.8 Å². The number of piperazine rings is 1. The minimum absolute atomic E-state index is 0.0346. The molecule has 9 heteroatoms. The molecule has 2 fully saturated rings. The molecule has 0 saturated carbocycles. The summed E-state index contributed by atoms with van der Waals surface area (Å²) in [5.74, 6) is 1.27. The lowest BCUT2D eigenvalue weighted by molar-refractivity contribution is -0.149. The summed E-state index contributed by atoms with van der Waals surface area (Å²) in [6.45, 7) is 12.2. The summed E-state index contributed by atoms with van der Waals surface area (Å²) in [7, 11) is 0. The standard InChI is InChI=1S/C35H43N5O3S/c1-4-43-34(42)31-13-9-19-40(24-31)33(41)30-16-14-29(15-17-30)25-44-35-36-27(3)26(2)32(37-35)39-22-20-38(21-23-39)18-8-12-28-10-6-5-7-11-28/h5-8,10-12,14-17,31H,4,9,13,18-25H2,1-3H3/b12-8+/t31-/m1/s1. The molecule has 3 aromatic rings. The number of nitrogens with zero attached hydrogens (tertiary/aromatic N) is 5. The Kier molecular flexibility index (Phi) is 11.1. The first-order chi connectivity index (χ1) is 21.4. The number of aryl methyl sites for hydroxylation is 1. The monoisotopic (exact) mass is 613 g/mol. The fraction of sp³-hybridized carbons (Fsp3) is 0.429. The van der Waals surface area contributed by atoms with Gasteiger partial charge in [-0.05, 0) is 56.9 Å². The molecule has 2 aliphatic rings. The Labute approximate surface area is 265 Å². The van der Waals surface area contributed by atoms with Crippen LogP contribution in [0.2, 0.25) is 0 Å². The van der Waals surface area contributed by atoms with Crippen molar-refractivity contribution < 1.29 is 14.3 Å². The Morgan fingerprint density at radius 3 is 2.45 bits per heavy atom. The van der Waals surface area contributed by atoms with Crippen LogP contribution in [0.5, 0.6) is 0 Å². The normalized spacial score (nSPS) is 17.7. The Hall–Kier alpha value is -3.69. The van der Waals surface area contributed by atoms with Gasteiger partial charge in [0.25, 0.3) is 5.91 Å². The number of esters is 1. The maximum absolute atomic E-state index is 13.1. The van der Waals surface area contributed by atoms with Crippen molar-refractivity contribution >= 4 is 35.5 Å². The van der Waals surface area contributed by atoms with E-state index in [1.54, 1.807) is 16.7 Å². The van der Waals surface area contributed by atoms with Crippen molar-refractivity contribution in [1.29, 1.82) is 0 Å². The molecule has 2 aromatic carbocycles. The van der Waals surface area contributed by atoms with Gasteiger partial charge in [-0.1, -0.05) is 66.4 Å². The molecule has 0 bridgehead atoms. The molecule has 0 N–H and O–H groups in total. The molecule has 0 spiro atoms. The maximum Gasteiger partial charge on any atom is 0.310 e. The van der Waals surface area contributed by atoms with E-state index in [9.17, 15) is 9.59 Å². The molecule has 3 heterocycles. The number of ether oxygens (including phenoxy) is 1. The Morgan fingerprint density at radius 2 is 1.73 bits per heavy atom. The van der Waals surface area contributed by atoms with Gasteiger partial charge in [-0.25, -0.2) is 9.97 Å². The molecule has 2 aliphatic heterocycles. The second-order valence-electron chi connectivity index (χ2n) is 11.5. The SMILES string of the molecule is CCOC(=O)[C@@H]1CCCN(C(=O)c2ccc(CSc3nc(C)c(C)c(N4CCN(C/C=C/c5ccccc5)CC4)n3)cc2)C1. The molecule has 232 valence electrons. The van der Waals surface area contributed by atoms with Crippen molar-refractivity contribution in [2.24, 2.45) is 5.92 Å². The fourth-order valence-electron chi connectivity index (χ4n) is 5.69. The third kappa shape index (κ3) is 8.27. The number of aromatic nitrogens is 2. The van der Waals surface area contributed by atoms with Crippen LogP contribution in [0, 0.1) is 19.8 Å². The molecule has 44 heavy (non-hydrogen) atoms. The summed E-state index contributed by atoms with van der Waals surface area (Å²) >= 11 is 1.62. The molecule has 0 radical (unpaired) electrons. The van der Waals surface area contributed by atoms with E-state index >= 15 is 0 Å².